The molecule has 112 valence electrons. The zero-order valence-corrected chi connectivity index (χ0v) is 12.3. The minimum atomic E-state index is -0.371. The van der Waals surface area contributed by atoms with E-state index in [9.17, 15) is 4.79 Å². The van der Waals surface area contributed by atoms with Gasteiger partial charge in [0.05, 0.1) is 25.6 Å². The van der Waals surface area contributed by atoms with Crippen LogP contribution >= 0.6 is 12.2 Å². The number of carbonyl (C=O) groups is 1. The number of anilines is 1. The second-order valence-corrected chi connectivity index (χ2v) is 5.63. The molecule has 8 heteroatoms. The first-order chi connectivity index (χ1) is 10.1. The van der Waals surface area contributed by atoms with Gasteiger partial charge in [-0.25, -0.2) is 9.97 Å². The molecule has 0 radical (unpaired) electrons. The van der Waals surface area contributed by atoms with Crippen LogP contribution in [0.3, 0.4) is 0 Å². The molecular weight excluding hydrogens is 290 g/mol. The van der Waals surface area contributed by atoms with Gasteiger partial charge in [0.15, 0.2) is 0 Å². The summed E-state index contributed by atoms with van der Waals surface area (Å²) in [6.45, 7) is 1.52. The van der Waals surface area contributed by atoms with Gasteiger partial charge in [-0.15, -0.1) is 0 Å². The molecule has 2 aliphatic rings. The van der Waals surface area contributed by atoms with Crippen molar-refractivity contribution in [3.63, 3.8) is 0 Å². The number of nitrogens with zero attached hydrogens (tertiary/aromatic N) is 3. The van der Waals surface area contributed by atoms with E-state index < -0.39 is 0 Å². The average Bonchev–Trinajstić information content (AvgIpc) is 3.31. The van der Waals surface area contributed by atoms with E-state index in [2.05, 4.69) is 15.3 Å². The second kappa shape index (κ2) is 5.90. The van der Waals surface area contributed by atoms with Gasteiger partial charge in [0, 0.05) is 12.6 Å². The molecule has 1 aliphatic heterocycles. The standard InChI is InChI=1S/C13H17N5O2S/c14-12(21)9-5-16-11(6-15-9)18-3-4-20-7-10(18)13(19)17-8-1-2-8/h5-6,8,10H,1-4,7H2,(H2,14,21)(H,17,19). The molecule has 1 amide bonds. The summed E-state index contributed by atoms with van der Waals surface area (Å²) in [5.41, 5.74) is 5.98. The molecule has 3 N–H and O–H groups in total. The van der Waals surface area contributed by atoms with E-state index in [1.165, 1.54) is 6.20 Å². The third kappa shape index (κ3) is 3.27. The highest BCUT2D eigenvalue weighted by Gasteiger charge is 2.33. The fourth-order valence-corrected chi connectivity index (χ4v) is 2.32. The summed E-state index contributed by atoms with van der Waals surface area (Å²) < 4.78 is 5.43. The summed E-state index contributed by atoms with van der Waals surface area (Å²) in [7, 11) is 0. The maximum atomic E-state index is 12.3. The molecule has 1 aromatic heterocycles. The van der Waals surface area contributed by atoms with Crippen LogP contribution < -0.4 is 16.0 Å². The van der Waals surface area contributed by atoms with Crippen molar-refractivity contribution in [3.8, 4) is 0 Å². The van der Waals surface area contributed by atoms with Crippen LogP contribution in [0.5, 0.6) is 0 Å². The number of hydrogen-bond acceptors (Lipinski definition) is 6. The van der Waals surface area contributed by atoms with E-state index in [1.54, 1.807) is 6.20 Å². The molecule has 1 unspecified atom stereocenters. The van der Waals surface area contributed by atoms with Crippen molar-refractivity contribution in [1.82, 2.24) is 15.3 Å². The molecule has 0 bridgehead atoms. The predicted octanol–water partition coefficient (Wildman–Crippen LogP) is -0.405. The Hall–Kier alpha value is -1.80. The van der Waals surface area contributed by atoms with Crippen molar-refractivity contribution in [3.05, 3.63) is 18.1 Å². The third-order valence-corrected chi connectivity index (χ3v) is 3.75. The van der Waals surface area contributed by atoms with E-state index in [4.69, 9.17) is 22.7 Å². The molecule has 1 aromatic rings. The smallest absolute Gasteiger partial charge is 0.245 e. The number of aromatic nitrogens is 2. The Balaban J connectivity index is 1.76. The Kier molecular flexibility index (Phi) is 3.98. The molecule has 0 aromatic carbocycles. The summed E-state index contributed by atoms with van der Waals surface area (Å²) in [5, 5.41) is 3.00. The topological polar surface area (TPSA) is 93.4 Å². The SMILES string of the molecule is NC(=S)c1cnc(N2CCOCC2C(=O)NC2CC2)cn1. The van der Waals surface area contributed by atoms with Crippen LogP contribution in [-0.4, -0.2) is 52.7 Å². The second-order valence-electron chi connectivity index (χ2n) is 5.19. The molecule has 1 saturated heterocycles. The van der Waals surface area contributed by atoms with Gasteiger partial charge < -0.3 is 20.7 Å². The maximum absolute atomic E-state index is 12.3. The molecule has 3 rings (SSSR count). The van der Waals surface area contributed by atoms with Gasteiger partial charge in [-0.2, -0.15) is 0 Å². The maximum Gasteiger partial charge on any atom is 0.245 e. The van der Waals surface area contributed by atoms with Gasteiger partial charge in [-0.05, 0) is 12.8 Å². The van der Waals surface area contributed by atoms with Gasteiger partial charge >= 0.3 is 0 Å². The van der Waals surface area contributed by atoms with Gasteiger partial charge in [-0.1, -0.05) is 12.2 Å². The van der Waals surface area contributed by atoms with E-state index >= 15 is 0 Å². The quantitative estimate of drug-likeness (QED) is 0.731. The number of rotatable bonds is 4. The highest BCUT2D eigenvalue weighted by Crippen LogP contribution is 2.21. The van der Waals surface area contributed by atoms with Crippen molar-refractivity contribution >= 4 is 28.9 Å². The number of nitrogens with one attached hydrogen (secondary N) is 1. The normalized spacial score (nSPS) is 21.9. The van der Waals surface area contributed by atoms with E-state index in [-0.39, 0.29) is 16.9 Å². The molecule has 1 aliphatic carbocycles. The Morgan fingerprint density at radius 1 is 1.43 bits per heavy atom. The number of nitrogens with two attached hydrogens (primary N) is 1. The number of morpholine rings is 1. The number of hydrogen-bond donors (Lipinski definition) is 2. The largest absolute Gasteiger partial charge is 0.388 e. The van der Waals surface area contributed by atoms with Crippen LogP contribution in [-0.2, 0) is 9.53 Å². The van der Waals surface area contributed by atoms with Crippen LogP contribution in [0.1, 0.15) is 18.5 Å². The monoisotopic (exact) mass is 307 g/mol. The molecule has 2 fully saturated rings. The fourth-order valence-electron chi connectivity index (χ4n) is 2.22. The van der Waals surface area contributed by atoms with Crippen LogP contribution in [0.2, 0.25) is 0 Å². The van der Waals surface area contributed by atoms with Crippen LogP contribution in [0.25, 0.3) is 0 Å². The Bertz CT molecular complexity index is 546. The lowest BCUT2D eigenvalue weighted by Crippen LogP contribution is -2.54. The first-order valence-corrected chi connectivity index (χ1v) is 7.32. The van der Waals surface area contributed by atoms with Crippen LogP contribution in [0.15, 0.2) is 12.4 Å². The highest BCUT2D eigenvalue weighted by atomic mass is 32.1. The Labute approximate surface area is 127 Å². The van der Waals surface area contributed by atoms with Crippen LogP contribution in [0, 0.1) is 0 Å². The average molecular weight is 307 g/mol. The third-order valence-electron chi connectivity index (χ3n) is 3.54. The first-order valence-electron chi connectivity index (χ1n) is 6.92. The Morgan fingerprint density at radius 3 is 2.86 bits per heavy atom. The van der Waals surface area contributed by atoms with Gasteiger partial charge in [-0.3, -0.25) is 4.79 Å². The van der Waals surface area contributed by atoms with E-state index in [0.29, 0.717) is 37.3 Å². The molecule has 21 heavy (non-hydrogen) atoms. The van der Waals surface area contributed by atoms with Crippen molar-refractivity contribution in [2.24, 2.45) is 5.73 Å². The lowest BCUT2D eigenvalue weighted by atomic mass is 10.2. The lowest BCUT2D eigenvalue weighted by Gasteiger charge is -2.35. The molecule has 1 saturated carbocycles. The molecular formula is C13H17N5O2S. The number of thiocarbonyl (C=S) groups is 1. The number of ether oxygens (including phenoxy) is 1. The molecule has 2 heterocycles. The minimum absolute atomic E-state index is 0.0163. The van der Waals surface area contributed by atoms with E-state index in [0.717, 1.165) is 12.8 Å². The number of amides is 1. The van der Waals surface area contributed by atoms with E-state index in [1.807, 2.05) is 4.90 Å². The van der Waals surface area contributed by atoms with Gasteiger partial charge in [0.25, 0.3) is 0 Å². The summed E-state index contributed by atoms with van der Waals surface area (Å²) in [6, 6.07) is -0.0475. The molecule has 7 nitrogen and oxygen atoms in total. The summed E-state index contributed by atoms with van der Waals surface area (Å²) >= 11 is 4.86. The Morgan fingerprint density at radius 2 is 2.24 bits per heavy atom. The zero-order chi connectivity index (χ0) is 14.8. The first kappa shape index (κ1) is 14.2. The fraction of sp³-hybridized carbons (Fsp3) is 0.538. The van der Waals surface area contributed by atoms with Gasteiger partial charge in [0.2, 0.25) is 5.91 Å². The van der Waals surface area contributed by atoms with Crippen molar-refractivity contribution in [1.29, 1.82) is 0 Å². The summed E-state index contributed by atoms with van der Waals surface area (Å²) in [5.74, 6) is 0.617. The van der Waals surface area contributed by atoms with Crippen molar-refractivity contribution in [2.45, 2.75) is 24.9 Å². The predicted molar refractivity (Wildman–Crippen MR) is 81.0 cm³/mol. The summed E-state index contributed by atoms with van der Waals surface area (Å²) in [6.07, 6.45) is 5.24. The minimum Gasteiger partial charge on any atom is -0.388 e. The highest BCUT2D eigenvalue weighted by molar-refractivity contribution is 7.80. The van der Waals surface area contributed by atoms with Gasteiger partial charge in [0.1, 0.15) is 22.5 Å². The number of carbonyl (C=O) groups excluding carboxylic acids is 1. The van der Waals surface area contributed by atoms with Crippen molar-refractivity contribution in [2.75, 3.05) is 24.7 Å². The molecule has 1 atom stereocenters. The summed E-state index contributed by atoms with van der Waals surface area (Å²) in [4.78, 5) is 22.9. The van der Waals surface area contributed by atoms with Crippen molar-refractivity contribution < 1.29 is 9.53 Å². The molecule has 0 spiro atoms. The zero-order valence-electron chi connectivity index (χ0n) is 11.5. The van der Waals surface area contributed by atoms with Crippen LogP contribution in [0.4, 0.5) is 5.82 Å². The lowest BCUT2D eigenvalue weighted by molar-refractivity contribution is -0.124.